The van der Waals surface area contributed by atoms with Gasteiger partial charge in [-0.1, -0.05) is 55.7 Å². The third-order valence-electron chi connectivity index (χ3n) is 8.03. The zero-order chi connectivity index (χ0) is 38.8. The van der Waals surface area contributed by atoms with Crippen molar-refractivity contribution in [2.24, 2.45) is 23.3 Å². The monoisotopic (exact) mass is 761 g/mol. The van der Waals surface area contributed by atoms with E-state index in [9.17, 15) is 43.5 Å². The lowest BCUT2D eigenvalue weighted by Crippen LogP contribution is -2.61. The molecular formula is C31H55N9O9S2. The summed E-state index contributed by atoms with van der Waals surface area (Å²) < 4.78 is 0. The lowest BCUT2D eigenvalue weighted by Gasteiger charge is -2.27. The minimum atomic E-state index is -1.55. The van der Waals surface area contributed by atoms with E-state index in [0.29, 0.717) is 25.8 Å². The van der Waals surface area contributed by atoms with Gasteiger partial charge in [-0.25, -0.2) is 0 Å². The predicted octanol–water partition coefficient (Wildman–Crippen LogP) is -2.88. The van der Waals surface area contributed by atoms with Crippen LogP contribution in [-0.2, 0) is 38.4 Å². The molecule has 20 heteroatoms. The molecule has 0 spiro atoms. The first kappa shape index (κ1) is 45.4. The largest absolute Gasteiger partial charge is 0.391 e. The highest BCUT2D eigenvalue weighted by atomic mass is 33.1. The van der Waals surface area contributed by atoms with E-state index >= 15 is 0 Å². The Morgan fingerprint density at radius 2 is 1.53 bits per heavy atom. The van der Waals surface area contributed by atoms with Gasteiger partial charge in [0.05, 0.1) is 12.6 Å². The first-order valence-corrected chi connectivity index (χ1v) is 19.4. The molecule has 1 saturated heterocycles. The summed E-state index contributed by atoms with van der Waals surface area (Å²) in [6, 6.07) is -7.19. The topological polar surface area (TPSA) is 293 Å². The van der Waals surface area contributed by atoms with Crippen LogP contribution in [0.4, 0.5) is 0 Å². The fourth-order valence-corrected chi connectivity index (χ4v) is 7.12. The predicted molar refractivity (Wildman–Crippen MR) is 193 cm³/mol. The number of nitrogens with one attached hydrogen (secondary N) is 7. The quantitative estimate of drug-likeness (QED) is 0.0631. The first-order chi connectivity index (χ1) is 23.9. The summed E-state index contributed by atoms with van der Waals surface area (Å²) >= 11 is 0. The van der Waals surface area contributed by atoms with Crippen molar-refractivity contribution in [3.05, 3.63) is 0 Å². The molecule has 290 valence electrons. The molecule has 1 aliphatic rings. The van der Waals surface area contributed by atoms with Gasteiger partial charge < -0.3 is 53.8 Å². The summed E-state index contributed by atoms with van der Waals surface area (Å²) in [7, 11) is 2.12. The minimum Gasteiger partial charge on any atom is -0.391 e. The van der Waals surface area contributed by atoms with Gasteiger partial charge in [0.15, 0.2) is 0 Å². The molecule has 51 heavy (non-hydrogen) atoms. The second-order valence-corrected chi connectivity index (χ2v) is 15.3. The maximum absolute atomic E-state index is 13.7. The van der Waals surface area contributed by atoms with Gasteiger partial charge in [0.25, 0.3) is 0 Å². The van der Waals surface area contributed by atoms with Crippen molar-refractivity contribution in [3.63, 3.8) is 0 Å². The molecule has 0 aliphatic carbocycles. The summed E-state index contributed by atoms with van der Waals surface area (Å²) in [5.74, 6) is -6.65. The Morgan fingerprint density at radius 1 is 0.882 bits per heavy atom. The molecular weight excluding hydrogens is 707 g/mol. The molecule has 8 atom stereocenters. The zero-order valence-electron chi connectivity index (χ0n) is 30.0. The Labute approximate surface area is 306 Å². The summed E-state index contributed by atoms with van der Waals surface area (Å²) in [4.78, 5) is 104. The van der Waals surface area contributed by atoms with Gasteiger partial charge in [0.1, 0.15) is 36.3 Å². The maximum Gasteiger partial charge on any atom is 0.245 e. The molecule has 0 aromatic heterocycles. The second kappa shape index (κ2) is 23.0. The third-order valence-corrected chi connectivity index (χ3v) is 10.5. The molecule has 12 N–H and O–H groups in total. The Kier molecular flexibility index (Phi) is 20.5. The molecule has 1 fully saturated rings. The van der Waals surface area contributed by atoms with Crippen molar-refractivity contribution < 1.29 is 43.5 Å². The number of carbonyl (C=O) groups is 8. The molecule has 0 aromatic carbocycles. The third kappa shape index (κ3) is 16.1. The van der Waals surface area contributed by atoms with E-state index in [-0.39, 0.29) is 29.8 Å². The van der Waals surface area contributed by atoms with Crippen LogP contribution in [0, 0.1) is 11.8 Å². The highest BCUT2D eigenvalue weighted by Gasteiger charge is 2.34. The summed E-state index contributed by atoms with van der Waals surface area (Å²) in [6.45, 7) is 9.22. The number of hydrogen-bond donors (Lipinski definition) is 10. The number of aliphatic hydroxyl groups is 1. The van der Waals surface area contributed by atoms with E-state index in [1.165, 1.54) is 13.8 Å². The van der Waals surface area contributed by atoms with Crippen LogP contribution in [0.3, 0.4) is 0 Å². The molecule has 0 bridgehead atoms. The smallest absolute Gasteiger partial charge is 0.245 e. The van der Waals surface area contributed by atoms with Crippen LogP contribution in [0.5, 0.6) is 0 Å². The van der Waals surface area contributed by atoms with Crippen LogP contribution in [0.25, 0.3) is 0 Å². The minimum absolute atomic E-state index is 0.0386. The van der Waals surface area contributed by atoms with Crippen LogP contribution in [0.2, 0.25) is 0 Å². The van der Waals surface area contributed by atoms with Crippen molar-refractivity contribution in [2.45, 2.75) is 110 Å². The molecule has 1 aliphatic heterocycles. The highest BCUT2D eigenvalue weighted by Crippen LogP contribution is 2.24. The van der Waals surface area contributed by atoms with E-state index in [2.05, 4.69) is 37.2 Å². The average molecular weight is 762 g/mol. The highest BCUT2D eigenvalue weighted by molar-refractivity contribution is 8.76. The van der Waals surface area contributed by atoms with Crippen molar-refractivity contribution in [2.75, 3.05) is 24.6 Å². The van der Waals surface area contributed by atoms with Crippen LogP contribution in [0.1, 0.15) is 67.2 Å². The van der Waals surface area contributed by atoms with Crippen LogP contribution in [0.15, 0.2) is 0 Å². The number of hydrogen-bond acceptors (Lipinski definition) is 12. The lowest BCUT2D eigenvalue weighted by atomic mass is 9.98. The molecule has 0 radical (unpaired) electrons. The molecule has 18 nitrogen and oxygen atoms in total. The van der Waals surface area contributed by atoms with Crippen molar-refractivity contribution in [1.82, 2.24) is 37.2 Å². The summed E-state index contributed by atoms with van der Waals surface area (Å²) in [5.41, 5.74) is 11.2. The van der Waals surface area contributed by atoms with E-state index in [4.69, 9.17) is 11.5 Å². The van der Waals surface area contributed by atoms with Crippen molar-refractivity contribution in [3.8, 4) is 0 Å². The van der Waals surface area contributed by atoms with Gasteiger partial charge in [-0.05, 0) is 44.6 Å². The number of unbranched alkanes of at least 4 members (excludes halogenated alkanes) is 1. The fraction of sp³-hybridized carbons (Fsp3) is 0.742. The number of carbonyl (C=O) groups excluding carboxylic acids is 8. The molecule has 0 unspecified atom stereocenters. The Morgan fingerprint density at radius 3 is 2.08 bits per heavy atom. The van der Waals surface area contributed by atoms with Gasteiger partial charge in [0.2, 0.25) is 47.3 Å². The Balaban J connectivity index is 3.42. The first-order valence-electron chi connectivity index (χ1n) is 16.9. The number of rotatable bonds is 14. The number of aliphatic hydroxyl groups excluding tert-OH is 1. The fourth-order valence-electron chi connectivity index (χ4n) is 4.78. The molecule has 1 rings (SSSR count). The molecule has 1 heterocycles. The van der Waals surface area contributed by atoms with Crippen LogP contribution in [-0.4, -0.2) is 119 Å². The van der Waals surface area contributed by atoms with Gasteiger partial charge in [-0.15, -0.1) is 0 Å². The Bertz CT molecular complexity index is 1240. The SMILES string of the molecule is CC[C@H](C)[C@@H]1NC(=O)CNC(=O)[C@H]([C@@H](C)O)NC(=O)[C@@H](NC(=O)[C@H](CCCCN)NC(=O)[C@@H](NC(C)=O)C(C)C)CSSC[C@@H](C(N)=O)NC1=O. The number of amides is 8. The molecule has 0 saturated carbocycles. The number of nitrogens with two attached hydrogens (primary N) is 2. The maximum atomic E-state index is 13.7. The van der Waals surface area contributed by atoms with E-state index in [1.807, 2.05) is 6.92 Å². The van der Waals surface area contributed by atoms with Crippen LogP contribution < -0.4 is 48.7 Å². The van der Waals surface area contributed by atoms with Gasteiger partial charge >= 0.3 is 0 Å². The summed E-state index contributed by atoms with van der Waals surface area (Å²) in [6.07, 6.45) is 0.184. The Hall–Kier alpha value is -3.62. The van der Waals surface area contributed by atoms with Crippen LogP contribution >= 0.6 is 21.6 Å². The average Bonchev–Trinajstić information content (AvgIpc) is 3.06. The van der Waals surface area contributed by atoms with Crippen molar-refractivity contribution in [1.29, 1.82) is 0 Å². The van der Waals surface area contributed by atoms with E-state index in [1.54, 1.807) is 20.8 Å². The molecule has 0 aromatic rings. The zero-order valence-corrected chi connectivity index (χ0v) is 31.7. The van der Waals surface area contributed by atoms with Gasteiger partial charge in [0, 0.05) is 18.4 Å². The number of primary amides is 1. The van der Waals surface area contributed by atoms with E-state index in [0.717, 1.165) is 21.6 Å². The normalized spacial score (nSPS) is 23.5. The second-order valence-electron chi connectivity index (χ2n) is 12.7. The summed E-state index contributed by atoms with van der Waals surface area (Å²) in [5, 5.41) is 28.1. The standard InChI is InChI=1S/C31H55N9O9S2/c1-7-16(4)24-31(49)37-20(26(33)44)13-50-51-14-21(28(46)40-25(17(5)41)29(47)34-12-22(43)39-24)38-27(45)19(10-8-9-11-32)36-30(48)23(15(2)3)35-18(6)42/h15-17,19-21,23-25,41H,7-14,32H2,1-6H3,(H2,33,44)(H,34,47)(H,35,42)(H,36,48)(H,37,49)(H,38,45)(H,39,43)(H,40,46)/t16-,17+,19-,20-,21-,23-,24-,25-/m0/s1. The van der Waals surface area contributed by atoms with Gasteiger partial charge in [-0.2, -0.15) is 0 Å². The lowest BCUT2D eigenvalue weighted by molar-refractivity contribution is -0.136. The van der Waals surface area contributed by atoms with E-state index < -0.39 is 96.2 Å². The van der Waals surface area contributed by atoms with Crippen molar-refractivity contribution >= 4 is 68.8 Å². The van der Waals surface area contributed by atoms with Gasteiger partial charge in [-0.3, -0.25) is 38.4 Å². The molecule has 8 amide bonds.